The number of nitrogens with one attached hydrogen (secondary N) is 1. The minimum absolute atomic E-state index is 0.0923. The molecule has 0 spiro atoms. The Morgan fingerprint density at radius 3 is 2.65 bits per heavy atom. The van der Waals surface area contributed by atoms with Crippen LogP contribution in [0.25, 0.3) is 0 Å². The minimum Gasteiger partial charge on any atom is -0.490 e. The van der Waals surface area contributed by atoms with Gasteiger partial charge in [0.25, 0.3) is 0 Å². The summed E-state index contributed by atoms with van der Waals surface area (Å²) in [5.74, 6) is 0.447. The zero-order chi connectivity index (χ0) is 18.7. The first-order valence-electron chi connectivity index (χ1n) is 8.61. The van der Waals surface area contributed by atoms with Crippen molar-refractivity contribution in [2.24, 2.45) is 11.1 Å². The molecule has 0 radical (unpaired) electrons. The van der Waals surface area contributed by atoms with Crippen molar-refractivity contribution in [3.05, 3.63) is 59.4 Å². The second-order valence-electron chi connectivity index (χ2n) is 6.70. The topological polar surface area (TPSA) is 81.4 Å². The fourth-order valence-corrected chi connectivity index (χ4v) is 3.48. The number of primary sulfonamides is 1. The maximum Gasteiger partial charge on any atom is 0.238 e. The lowest BCUT2D eigenvalue weighted by Gasteiger charge is -2.17. The van der Waals surface area contributed by atoms with Crippen molar-refractivity contribution in [1.29, 1.82) is 0 Å². The molecular formula is C19H23FN2O3S. The predicted molar refractivity (Wildman–Crippen MR) is 97.7 cm³/mol. The largest absolute Gasteiger partial charge is 0.490 e. The maximum atomic E-state index is 14.2. The lowest BCUT2D eigenvalue weighted by Crippen LogP contribution is -2.21. The molecule has 2 aromatic carbocycles. The Labute approximate surface area is 153 Å². The molecule has 5 nitrogen and oxygen atoms in total. The zero-order valence-corrected chi connectivity index (χ0v) is 15.4. The SMILES string of the molecule is CC(NCc1ccccc1S(N)(=O)=O)c1ccc(OCC2CC2)c(F)c1. The Bertz CT molecular complexity index is 882. The summed E-state index contributed by atoms with van der Waals surface area (Å²) >= 11 is 0. The Kier molecular flexibility index (Phi) is 5.60. The molecule has 3 rings (SSSR count). The van der Waals surface area contributed by atoms with E-state index in [0.717, 1.165) is 18.4 Å². The van der Waals surface area contributed by atoms with E-state index in [0.29, 0.717) is 24.6 Å². The third kappa shape index (κ3) is 4.81. The third-order valence-electron chi connectivity index (χ3n) is 4.51. The summed E-state index contributed by atoms with van der Waals surface area (Å²) in [6, 6.07) is 11.3. The first kappa shape index (κ1) is 18.8. The van der Waals surface area contributed by atoms with Gasteiger partial charge in [0.15, 0.2) is 11.6 Å². The minimum atomic E-state index is -3.78. The van der Waals surface area contributed by atoms with Crippen LogP contribution in [0, 0.1) is 11.7 Å². The van der Waals surface area contributed by atoms with Gasteiger partial charge in [0.05, 0.1) is 11.5 Å². The molecule has 1 aliphatic rings. The van der Waals surface area contributed by atoms with Gasteiger partial charge in [-0.15, -0.1) is 0 Å². The number of nitrogens with two attached hydrogens (primary N) is 1. The standard InChI is InChI=1S/C19H23FN2O3S/c1-13(22-11-16-4-2-3-5-19(16)26(21,23)24)15-8-9-18(17(20)10-15)25-12-14-6-7-14/h2-5,8-10,13-14,22H,6-7,11-12H2,1H3,(H2,21,23,24). The third-order valence-corrected chi connectivity index (χ3v) is 5.52. The molecule has 1 aliphatic carbocycles. The lowest BCUT2D eigenvalue weighted by atomic mass is 10.1. The van der Waals surface area contributed by atoms with Gasteiger partial charge in [0, 0.05) is 12.6 Å². The van der Waals surface area contributed by atoms with E-state index < -0.39 is 10.0 Å². The molecule has 0 heterocycles. The molecule has 2 aromatic rings. The average Bonchev–Trinajstić information content (AvgIpc) is 3.42. The molecule has 0 amide bonds. The van der Waals surface area contributed by atoms with E-state index in [2.05, 4.69) is 5.32 Å². The van der Waals surface area contributed by atoms with Crippen LogP contribution in [0.15, 0.2) is 47.4 Å². The van der Waals surface area contributed by atoms with Gasteiger partial charge in [0.1, 0.15) is 0 Å². The molecule has 7 heteroatoms. The first-order chi connectivity index (χ1) is 12.3. The number of rotatable bonds is 8. The van der Waals surface area contributed by atoms with Crippen LogP contribution in [-0.4, -0.2) is 15.0 Å². The Balaban J connectivity index is 1.65. The number of ether oxygens (including phenoxy) is 1. The van der Waals surface area contributed by atoms with Gasteiger partial charge in [-0.05, 0) is 55.0 Å². The lowest BCUT2D eigenvalue weighted by molar-refractivity contribution is 0.285. The summed E-state index contributed by atoms with van der Waals surface area (Å²) in [7, 11) is -3.78. The van der Waals surface area contributed by atoms with Crippen molar-refractivity contribution in [3.63, 3.8) is 0 Å². The molecule has 1 unspecified atom stereocenters. The molecule has 3 N–H and O–H groups in total. The van der Waals surface area contributed by atoms with Gasteiger partial charge in [-0.1, -0.05) is 24.3 Å². The Hall–Kier alpha value is -1.96. The van der Waals surface area contributed by atoms with Crippen molar-refractivity contribution >= 4 is 10.0 Å². The van der Waals surface area contributed by atoms with Crippen LogP contribution >= 0.6 is 0 Å². The summed E-state index contributed by atoms with van der Waals surface area (Å²) in [5, 5.41) is 8.45. The van der Waals surface area contributed by atoms with Crippen LogP contribution in [0.3, 0.4) is 0 Å². The van der Waals surface area contributed by atoms with E-state index in [4.69, 9.17) is 9.88 Å². The van der Waals surface area contributed by atoms with E-state index in [1.807, 2.05) is 13.0 Å². The first-order valence-corrected chi connectivity index (χ1v) is 10.2. The van der Waals surface area contributed by atoms with Gasteiger partial charge >= 0.3 is 0 Å². The van der Waals surface area contributed by atoms with Crippen molar-refractivity contribution in [3.8, 4) is 5.75 Å². The fraction of sp³-hybridized carbons (Fsp3) is 0.368. The van der Waals surface area contributed by atoms with Crippen LogP contribution in [0.2, 0.25) is 0 Å². The number of hydrogen-bond acceptors (Lipinski definition) is 4. The maximum absolute atomic E-state index is 14.2. The highest BCUT2D eigenvalue weighted by molar-refractivity contribution is 7.89. The molecule has 1 atom stereocenters. The number of hydrogen-bond donors (Lipinski definition) is 2. The van der Waals surface area contributed by atoms with Gasteiger partial charge in [-0.25, -0.2) is 17.9 Å². The normalized spacial score (nSPS) is 15.7. The van der Waals surface area contributed by atoms with E-state index in [9.17, 15) is 12.8 Å². The molecule has 1 fully saturated rings. The zero-order valence-electron chi connectivity index (χ0n) is 14.6. The molecule has 1 saturated carbocycles. The molecular weight excluding hydrogens is 355 g/mol. The van der Waals surface area contributed by atoms with Crippen LogP contribution < -0.4 is 15.2 Å². The molecule has 0 aliphatic heterocycles. The smallest absolute Gasteiger partial charge is 0.238 e. The highest BCUT2D eigenvalue weighted by Crippen LogP contribution is 2.30. The van der Waals surface area contributed by atoms with Crippen LogP contribution in [-0.2, 0) is 16.6 Å². The summed E-state index contributed by atoms with van der Waals surface area (Å²) in [5.41, 5.74) is 1.33. The van der Waals surface area contributed by atoms with E-state index in [-0.39, 0.29) is 22.5 Å². The van der Waals surface area contributed by atoms with Crippen LogP contribution in [0.1, 0.15) is 36.9 Å². The Morgan fingerprint density at radius 1 is 1.27 bits per heavy atom. The van der Waals surface area contributed by atoms with E-state index in [1.165, 1.54) is 12.1 Å². The van der Waals surface area contributed by atoms with Crippen molar-refractivity contribution in [2.75, 3.05) is 6.61 Å². The quantitative estimate of drug-likeness (QED) is 0.739. The van der Waals surface area contributed by atoms with E-state index >= 15 is 0 Å². The van der Waals surface area contributed by atoms with E-state index in [1.54, 1.807) is 24.3 Å². The highest BCUT2D eigenvalue weighted by atomic mass is 32.2. The summed E-state index contributed by atoms with van der Waals surface area (Å²) < 4.78 is 43.0. The molecule has 26 heavy (non-hydrogen) atoms. The summed E-state index contributed by atoms with van der Waals surface area (Å²) in [6.45, 7) is 2.75. The van der Waals surface area contributed by atoms with Crippen LogP contribution in [0.5, 0.6) is 5.75 Å². The fourth-order valence-electron chi connectivity index (χ4n) is 2.70. The number of sulfonamides is 1. The second kappa shape index (κ2) is 7.73. The number of benzene rings is 2. The summed E-state index contributed by atoms with van der Waals surface area (Å²) in [4.78, 5) is 0.0923. The second-order valence-corrected chi connectivity index (χ2v) is 8.23. The summed E-state index contributed by atoms with van der Waals surface area (Å²) in [6.07, 6.45) is 2.31. The van der Waals surface area contributed by atoms with Crippen molar-refractivity contribution in [1.82, 2.24) is 5.32 Å². The molecule has 0 bridgehead atoms. The monoisotopic (exact) mass is 378 g/mol. The number of halogens is 1. The van der Waals surface area contributed by atoms with Crippen molar-refractivity contribution in [2.45, 2.75) is 37.2 Å². The van der Waals surface area contributed by atoms with Gasteiger partial charge in [-0.2, -0.15) is 0 Å². The van der Waals surface area contributed by atoms with Gasteiger partial charge in [0.2, 0.25) is 10.0 Å². The molecule has 140 valence electrons. The molecule has 0 saturated heterocycles. The van der Waals surface area contributed by atoms with Crippen molar-refractivity contribution < 1.29 is 17.5 Å². The Morgan fingerprint density at radius 2 is 2.00 bits per heavy atom. The highest BCUT2D eigenvalue weighted by Gasteiger charge is 2.22. The average molecular weight is 378 g/mol. The molecule has 0 aromatic heterocycles. The van der Waals surface area contributed by atoms with Crippen LogP contribution in [0.4, 0.5) is 4.39 Å². The van der Waals surface area contributed by atoms with Gasteiger partial charge < -0.3 is 10.1 Å². The van der Waals surface area contributed by atoms with Gasteiger partial charge in [-0.3, -0.25) is 0 Å². The predicted octanol–water partition coefficient (Wildman–Crippen LogP) is 3.11.